The average molecular weight is 267 g/mol. The summed E-state index contributed by atoms with van der Waals surface area (Å²) >= 11 is 0. The van der Waals surface area contributed by atoms with Gasteiger partial charge in [-0.3, -0.25) is 9.59 Å². The summed E-state index contributed by atoms with van der Waals surface area (Å²) in [5, 5.41) is 2.68. The van der Waals surface area contributed by atoms with Gasteiger partial charge in [0.25, 0.3) is 0 Å². The number of carbonyl (C=O) groups is 2. The van der Waals surface area contributed by atoms with Crippen LogP contribution >= 0.6 is 0 Å². The Kier molecular flexibility index (Phi) is 4.13. The predicted octanol–water partition coefficient (Wildman–Crippen LogP) is 0.346. The van der Waals surface area contributed by atoms with Crippen molar-refractivity contribution in [1.29, 1.82) is 0 Å². The number of nitrogens with one attached hydrogen (secondary N) is 1. The molecule has 1 unspecified atom stereocenters. The molecular formula is C14H25N3O2. The van der Waals surface area contributed by atoms with Crippen LogP contribution in [0.2, 0.25) is 0 Å². The van der Waals surface area contributed by atoms with Gasteiger partial charge in [-0.25, -0.2) is 0 Å². The largest absolute Gasteiger partial charge is 0.359 e. The van der Waals surface area contributed by atoms with E-state index in [0.29, 0.717) is 19.0 Å². The van der Waals surface area contributed by atoms with Crippen molar-refractivity contribution in [2.24, 2.45) is 23.0 Å². The second-order valence-electron chi connectivity index (χ2n) is 6.20. The normalized spacial score (nSPS) is 34.6. The van der Waals surface area contributed by atoms with Crippen LogP contribution in [0, 0.1) is 17.3 Å². The van der Waals surface area contributed by atoms with Crippen LogP contribution in [-0.4, -0.2) is 43.4 Å². The lowest BCUT2D eigenvalue weighted by molar-refractivity contribution is -0.152. The fraction of sp³-hybridized carbons (Fsp3) is 0.857. The Labute approximate surface area is 114 Å². The molecule has 19 heavy (non-hydrogen) atoms. The molecule has 1 atom stereocenters. The van der Waals surface area contributed by atoms with Gasteiger partial charge in [0.05, 0.1) is 11.3 Å². The first-order valence-corrected chi connectivity index (χ1v) is 7.23. The highest BCUT2D eigenvalue weighted by Gasteiger charge is 2.49. The van der Waals surface area contributed by atoms with Crippen molar-refractivity contribution in [3.8, 4) is 0 Å². The van der Waals surface area contributed by atoms with E-state index in [4.69, 9.17) is 5.73 Å². The third-order valence-electron chi connectivity index (χ3n) is 4.65. The maximum Gasteiger partial charge on any atom is 0.230 e. The first-order valence-electron chi connectivity index (χ1n) is 7.23. The molecule has 0 aromatic rings. The SMILES string of the molecule is CNC(=O)C1CCCN(C(=O)C2(CN)CC(C)C2)C1. The van der Waals surface area contributed by atoms with Crippen LogP contribution in [0.3, 0.4) is 0 Å². The third kappa shape index (κ3) is 2.61. The van der Waals surface area contributed by atoms with Crippen molar-refractivity contribution < 1.29 is 9.59 Å². The minimum absolute atomic E-state index is 0.0428. The van der Waals surface area contributed by atoms with E-state index in [1.807, 2.05) is 4.90 Å². The molecule has 2 fully saturated rings. The molecule has 1 saturated carbocycles. The minimum Gasteiger partial charge on any atom is -0.359 e. The number of nitrogens with zero attached hydrogens (tertiary/aromatic N) is 1. The van der Waals surface area contributed by atoms with E-state index in [0.717, 1.165) is 32.2 Å². The van der Waals surface area contributed by atoms with E-state index < -0.39 is 0 Å². The Balaban J connectivity index is 2.01. The third-order valence-corrected chi connectivity index (χ3v) is 4.65. The Hall–Kier alpha value is -1.10. The fourth-order valence-corrected chi connectivity index (χ4v) is 3.62. The van der Waals surface area contributed by atoms with Gasteiger partial charge in [-0.2, -0.15) is 0 Å². The zero-order chi connectivity index (χ0) is 14.0. The van der Waals surface area contributed by atoms with Crippen LogP contribution in [0.15, 0.2) is 0 Å². The van der Waals surface area contributed by atoms with Crippen LogP contribution in [0.25, 0.3) is 0 Å². The smallest absolute Gasteiger partial charge is 0.230 e. The average Bonchev–Trinajstić information content (AvgIpc) is 2.42. The van der Waals surface area contributed by atoms with Crippen LogP contribution in [-0.2, 0) is 9.59 Å². The summed E-state index contributed by atoms with van der Waals surface area (Å²) in [6.45, 7) is 3.90. The molecule has 0 radical (unpaired) electrons. The number of nitrogens with two attached hydrogens (primary N) is 1. The molecule has 1 aliphatic heterocycles. The lowest BCUT2D eigenvalue weighted by Gasteiger charge is -2.48. The molecule has 2 rings (SSSR count). The summed E-state index contributed by atoms with van der Waals surface area (Å²) in [5.74, 6) is 0.741. The lowest BCUT2D eigenvalue weighted by atomic mass is 9.61. The zero-order valence-electron chi connectivity index (χ0n) is 11.9. The van der Waals surface area contributed by atoms with Crippen molar-refractivity contribution in [2.75, 3.05) is 26.7 Å². The molecule has 1 saturated heterocycles. The summed E-state index contributed by atoms with van der Waals surface area (Å²) in [6.07, 6.45) is 3.56. The maximum absolute atomic E-state index is 12.6. The highest BCUT2D eigenvalue weighted by atomic mass is 16.2. The Morgan fingerprint density at radius 2 is 2.11 bits per heavy atom. The topological polar surface area (TPSA) is 75.4 Å². The van der Waals surface area contributed by atoms with Crippen molar-refractivity contribution in [2.45, 2.75) is 32.6 Å². The fourth-order valence-electron chi connectivity index (χ4n) is 3.62. The molecule has 108 valence electrons. The molecule has 5 heteroatoms. The summed E-state index contributed by atoms with van der Waals surface area (Å²) in [4.78, 5) is 26.2. The second kappa shape index (κ2) is 5.49. The van der Waals surface area contributed by atoms with Gasteiger partial charge in [0.15, 0.2) is 0 Å². The van der Waals surface area contributed by atoms with Crippen molar-refractivity contribution in [3.63, 3.8) is 0 Å². The summed E-state index contributed by atoms with van der Waals surface area (Å²) in [7, 11) is 1.65. The monoisotopic (exact) mass is 267 g/mol. The highest BCUT2D eigenvalue weighted by molar-refractivity contribution is 5.85. The first kappa shape index (κ1) is 14.3. The number of hydrogen-bond donors (Lipinski definition) is 2. The van der Waals surface area contributed by atoms with E-state index in [1.54, 1.807) is 7.05 Å². The van der Waals surface area contributed by atoms with E-state index in [9.17, 15) is 9.59 Å². The molecule has 0 bridgehead atoms. The Morgan fingerprint density at radius 3 is 2.63 bits per heavy atom. The number of carbonyl (C=O) groups excluding carboxylic acids is 2. The minimum atomic E-state index is -0.343. The summed E-state index contributed by atoms with van der Waals surface area (Å²) < 4.78 is 0. The molecule has 3 N–H and O–H groups in total. The number of likely N-dealkylation sites (tertiary alicyclic amines) is 1. The van der Waals surface area contributed by atoms with E-state index in [-0.39, 0.29) is 23.1 Å². The molecule has 1 heterocycles. The molecule has 2 amide bonds. The maximum atomic E-state index is 12.6. The van der Waals surface area contributed by atoms with Crippen molar-refractivity contribution >= 4 is 11.8 Å². The number of hydrogen-bond acceptors (Lipinski definition) is 3. The second-order valence-corrected chi connectivity index (χ2v) is 6.20. The van der Waals surface area contributed by atoms with E-state index >= 15 is 0 Å². The molecule has 0 spiro atoms. The number of amides is 2. The predicted molar refractivity (Wildman–Crippen MR) is 73.3 cm³/mol. The highest BCUT2D eigenvalue weighted by Crippen LogP contribution is 2.46. The van der Waals surface area contributed by atoms with E-state index in [2.05, 4.69) is 12.2 Å². The molecule has 0 aromatic heterocycles. The van der Waals surface area contributed by atoms with Crippen LogP contribution in [0.5, 0.6) is 0 Å². The lowest BCUT2D eigenvalue weighted by Crippen LogP contribution is -2.57. The van der Waals surface area contributed by atoms with Gasteiger partial charge < -0.3 is 16.0 Å². The van der Waals surface area contributed by atoms with Gasteiger partial charge in [-0.1, -0.05) is 6.92 Å². The quantitative estimate of drug-likeness (QED) is 0.774. The van der Waals surface area contributed by atoms with Gasteiger partial charge in [0.1, 0.15) is 0 Å². The van der Waals surface area contributed by atoms with Gasteiger partial charge >= 0.3 is 0 Å². The number of rotatable bonds is 3. The van der Waals surface area contributed by atoms with Crippen LogP contribution in [0.1, 0.15) is 32.6 Å². The van der Waals surface area contributed by atoms with Crippen LogP contribution < -0.4 is 11.1 Å². The Bertz CT molecular complexity index is 364. The Morgan fingerprint density at radius 1 is 1.42 bits per heavy atom. The molecule has 2 aliphatic rings. The molecule has 5 nitrogen and oxygen atoms in total. The van der Waals surface area contributed by atoms with Gasteiger partial charge in [-0.15, -0.1) is 0 Å². The summed E-state index contributed by atoms with van der Waals surface area (Å²) in [6, 6.07) is 0. The molecule has 1 aliphatic carbocycles. The van der Waals surface area contributed by atoms with Gasteiger partial charge in [0.2, 0.25) is 11.8 Å². The summed E-state index contributed by atoms with van der Waals surface area (Å²) in [5.41, 5.74) is 5.49. The van der Waals surface area contributed by atoms with Crippen molar-refractivity contribution in [1.82, 2.24) is 10.2 Å². The van der Waals surface area contributed by atoms with Crippen LogP contribution in [0.4, 0.5) is 0 Å². The number of piperidine rings is 1. The van der Waals surface area contributed by atoms with Gasteiger partial charge in [-0.05, 0) is 31.6 Å². The standard InChI is InChI=1S/C14H25N3O2/c1-10-6-14(7-10,9-15)13(19)17-5-3-4-11(8-17)12(18)16-2/h10-11H,3-9,15H2,1-2H3,(H,16,18). The molecular weight excluding hydrogens is 242 g/mol. The first-order chi connectivity index (χ1) is 9.02. The van der Waals surface area contributed by atoms with Crippen molar-refractivity contribution in [3.05, 3.63) is 0 Å². The zero-order valence-corrected chi connectivity index (χ0v) is 11.9. The molecule has 0 aromatic carbocycles. The van der Waals surface area contributed by atoms with Gasteiger partial charge in [0, 0.05) is 26.7 Å². The van der Waals surface area contributed by atoms with E-state index in [1.165, 1.54) is 0 Å².